The summed E-state index contributed by atoms with van der Waals surface area (Å²) in [4.78, 5) is 22.6. The fourth-order valence-corrected chi connectivity index (χ4v) is 1.99. The molecule has 0 fully saturated rings. The molecular formula is C18H18N2O5. The second-order valence-electron chi connectivity index (χ2n) is 5.10. The van der Waals surface area contributed by atoms with Gasteiger partial charge in [0.15, 0.2) is 11.9 Å². The molecule has 2 aromatic carbocycles. The van der Waals surface area contributed by atoms with Crippen molar-refractivity contribution in [1.29, 1.82) is 0 Å². The Morgan fingerprint density at radius 2 is 1.96 bits per heavy atom. The molecule has 0 aliphatic rings. The van der Waals surface area contributed by atoms with Gasteiger partial charge in [-0.1, -0.05) is 24.8 Å². The lowest BCUT2D eigenvalue weighted by Gasteiger charge is -2.15. The Kier molecular flexibility index (Phi) is 6.11. The average molecular weight is 342 g/mol. The lowest BCUT2D eigenvalue weighted by molar-refractivity contribution is -0.386. The number of nitrogens with one attached hydrogen (secondary N) is 1. The number of carbonyl (C=O) groups is 1. The maximum absolute atomic E-state index is 12.2. The van der Waals surface area contributed by atoms with Gasteiger partial charge in [0.25, 0.3) is 5.91 Å². The number of carbonyl (C=O) groups excluding carboxylic acids is 1. The Hall–Kier alpha value is -3.35. The Labute approximate surface area is 145 Å². The molecule has 0 aromatic heterocycles. The smallest absolute Gasteiger partial charge is 0.310 e. The SMILES string of the molecule is C=CCOc1ccc(NC(=O)[C@H](C)Oc2ccccc2[N+](=O)[O-])cc1. The molecule has 1 N–H and O–H groups in total. The summed E-state index contributed by atoms with van der Waals surface area (Å²) >= 11 is 0. The van der Waals surface area contributed by atoms with E-state index in [1.807, 2.05) is 0 Å². The molecule has 0 aliphatic carbocycles. The van der Waals surface area contributed by atoms with Crippen LogP contribution in [0, 0.1) is 10.1 Å². The Bertz CT molecular complexity index is 758. The lowest BCUT2D eigenvalue weighted by Crippen LogP contribution is -2.30. The van der Waals surface area contributed by atoms with Crippen LogP contribution in [0.3, 0.4) is 0 Å². The van der Waals surface area contributed by atoms with E-state index < -0.39 is 16.9 Å². The van der Waals surface area contributed by atoms with E-state index in [0.29, 0.717) is 18.0 Å². The van der Waals surface area contributed by atoms with E-state index in [-0.39, 0.29) is 11.4 Å². The first-order chi connectivity index (χ1) is 12.0. The molecule has 25 heavy (non-hydrogen) atoms. The topological polar surface area (TPSA) is 90.7 Å². The van der Waals surface area contributed by atoms with Crippen molar-refractivity contribution in [3.63, 3.8) is 0 Å². The number of ether oxygens (including phenoxy) is 2. The van der Waals surface area contributed by atoms with Crippen LogP contribution in [-0.4, -0.2) is 23.5 Å². The highest BCUT2D eigenvalue weighted by Crippen LogP contribution is 2.27. The van der Waals surface area contributed by atoms with Crippen LogP contribution in [0.1, 0.15) is 6.92 Å². The maximum Gasteiger partial charge on any atom is 0.310 e. The number of anilines is 1. The zero-order chi connectivity index (χ0) is 18.2. The van der Waals surface area contributed by atoms with Crippen LogP contribution < -0.4 is 14.8 Å². The first-order valence-electron chi connectivity index (χ1n) is 7.56. The normalized spacial score (nSPS) is 11.2. The molecular weight excluding hydrogens is 324 g/mol. The van der Waals surface area contributed by atoms with Crippen molar-refractivity contribution < 1.29 is 19.2 Å². The molecule has 7 nitrogen and oxygen atoms in total. The van der Waals surface area contributed by atoms with Gasteiger partial charge in [0.1, 0.15) is 12.4 Å². The van der Waals surface area contributed by atoms with Gasteiger partial charge in [-0.3, -0.25) is 14.9 Å². The second-order valence-corrected chi connectivity index (χ2v) is 5.10. The highest BCUT2D eigenvalue weighted by molar-refractivity contribution is 5.94. The fraction of sp³-hybridized carbons (Fsp3) is 0.167. The highest BCUT2D eigenvalue weighted by Gasteiger charge is 2.20. The van der Waals surface area contributed by atoms with Crippen molar-refractivity contribution >= 4 is 17.3 Å². The third-order valence-electron chi connectivity index (χ3n) is 3.22. The Morgan fingerprint density at radius 3 is 2.60 bits per heavy atom. The predicted octanol–water partition coefficient (Wildman–Crippen LogP) is 3.57. The van der Waals surface area contributed by atoms with Crippen LogP contribution in [0.15, 0.2) is 61.2 Å². The van der Waals surface area contributed by atoms with Crippen molar-refractivity contribution in [2.45, 2.75) is 13.0 Å². The molecule has 1 amide bonds. The molecule has 7 heteroatoms. The summed E-state index contributed by atoms with van der Waals surface area (Å²) in [6.07, 6.45) is 0.732. The van der Waals surface area contributed by atoms with Gasteiger partial charge in [0, 0.05) is 11.8 Å². The van der Waals surface area contributed by atoms with Gasteiger partial charge in [-0.2, -0.15) is 0 Å². The third-order valence-corrected chi connectivity index (χ3v) is 3.22. The number of nitrogens with zero attached hydrogens (tertiary/aromatic N) is 1. The number of amides is 1. The van der Waals surface area contributed by atoms with Gasteiger partial charge in [0.2, 0.25) is 0 Å². The summed E-state index contributed by atoms with van der Waals surface area (Å²) in [5, 5.41) is 13.7. The Morgan fingerprint density at radius 1 is 1.28 bits per heavy atom. The zero-order valence-electron chi connectivity index (χ0n) is 13.7. The summed E-state index contributed by atoms with van der Waals surface area (Å²) in [6, 6.07) is 12.7. The first-order valence-corrected chi connectivity index (χ1v) is 7.56. The molecule has 0 radical (unpaired) electrons. The molecule has 0 unspecified atom stereocenters. The van der Waals surface area contributed by atoms with Crippen molar-refractivity contribution in [3.05, 3.63) is 71.3 Å². The molecule has 2 aromatic rings. The summed E-state index contributed by atoms with van der Waals surface area (Å²) in [5.41, 5.74) is 0.375. The van der Waals surface area contributed by atoms with E-state index in [2.05, 4.69) is 11.9 Å². The number of para-hydroxylation sites is 2. The molecule has 130 valence electrons. The summed E-state index contributed by atoms with van der Waals surface area (Å²) in [7, 11) is 0. The summed E-state index contributed by atoms with van der Waals surface area (Å²) in [5.74, 6) is 0.281. The van der Waals surface area contributed by atoms with Gasteiger partial charge in [0.05, 0.1) is 4.92 Å². The van der Waals surface area contributed by atoms with Crippen LogP contribution in [0.5, 0.6) is 11.5 Å². The number of rotatable bonds is 8. The number of nitro groups is 1. The van der Waals surface area contributed by atoms with E-state index in [0.717, 1.165) is 0 Å². The predicted molar refractivity (Wildman–Crippen MR) is 94.0 cm³/mol. The number of hydrogen-bond acceptors (Lipinski definition) is 5. The Balaban J connectivity index is 1.98. The van der Waals surface area contributed by atoms with Crippen LogP contribution in [0.2, 0.25) is 0 Å². The fourth-order valence-electron chi connectivity index (χ4n) is 1.99. The summed E-state index contributed by atoms with van der Waals surface area (Å²) in [6.45, 7) is 5.48. The van der Waals surface area contributed by atoms with Crippen LogP contribution in [0.4, 0.5) is 11.4 Å². The molecule has 0 spiro atoms. The quantitative estimate of drug-likeness (QED) is 0.450. The van der Waals surface area contributed by atoms with Gasteiger partial charge in [-0.15, -0.1) is 0 Å². The molecule has 0 aliphatic heterocycles. The second kappa shape index (κ2) is 8.49. The number of hydrogen-bond donors (Lipinski definition) is 1. The van der Waals surface area contributed by atoms with Gasteiger partial charge in [-0.25, -0.2) is 0 Å². The van der Waals surface area contributed by atoms with E-state index in [4.69, 9.17) is 9.47 Å². The van der Waals surface area contributed by atoms with Crippen LogP contribution >= 0.6 is 0 Å². The van der Waals surface area contributed by atoms with Crippen LogP contribution in [0.25, 0.3) is 0 Å². The van der Waals surface area contributed by atoms with Gasteiger partial charge < -0.3 is 14.8 Å². The largest absolute Gasteiger partial charge is 0.490 e. The minimum atomic E-state index is -0.905. The highest BCUT2D eigenvalue weighted by atomic mass is 16.6. The molecule has 2 rings (SSSR count). The van der Waals surface area contributed by atoms with Crippen LogP contribution in [-0.2, 0) is 4.79 Å². The average Bonchev–Trinajstić information content (AvgIpc) is 2.61. The standard InChI is InChI=1S/C18H18N2O5/c1-3-12-24-15-10-8-14(9-11-15)19-18(21)13(2)25-17-7-5-4-6-16(17)20(22)23/h3-11,13H,1,12H2,2H3,(H,19,21)/t13-/m0/s1. The minimum absolute atomic E-state index is 0.0447. The van der Waals surface area contributed by atoms with Crippen molar-refractivity contribution in [2.24, 2.45) is 0 Å². The van der Waals surface area contributed by atoms with Crippen molar-refractivity contribution in [3.8, 4) is 11.5 Å². The molecule has 0 heterocycles. The van der Waals surface area contributed by atoms with Crippen molar-refractivity contribution in [2.75, 3.05) is 11.9 Å². The third kappa shape index (κ3) is 5.07. The molecule has 1 atom stereocenters. The van der Waals surface area contributed by atoms with Gasteiger partial charge >= 0.3 is 5.69 Å². The van der Waals surface area contributed by atoms with E-state index in [9.17, 15) is 14.9 Å². The van der Waals surface area contributed by atoms with E-state index in [1.54, 1.807) is 36.4 Å². The number of nitro benzene ring substituents is 1. The first kappa shape index (κ1) is 18.0. The lowest BCUT2D eigenvalue weighted by atomic mass is 10.2. The van der Waals surface area contributed by atoms with Gasteiger partial charge in [-0.05, 0) is 37.3 Å². The molecule has 0 bridgehead atoms. The summed E-state index contributed by atoms with van der Waals surface area (Å²) < 4.78 is 10.8. The molecule has 0 saturated heterocycles. The monoisotopic (exact) mass is 342 g/mol. The number of benzene rings is 2. The van der Waals surface area contributed by atoms with Crippen molar-refractivity contribution in [1.82, 2.24) is 0 Å². The maximum atomic E-state index is 12.2. The zero-order valence-corrected chi connectivity index (χ0v) is 13.7. The molecule has 0 saturated carbocycles. The van der Waals surface area contributed by atoms with E-state index in [1.165, 1.54) is 25.1 Å². The minimum Gasteiger partial charge on any atom is -0.490 e. The van der Waals surface area contributed by atoms with E-state index >= 15 is 0 Å².